The summed E-state index contributed by atoms with van der Waals surface area (Å²) in [7, 11) is 0. The highest BCUT2D eigenvalue weighted by Crippen LogP contribution is 2.36. The number of hydrogen-bond acceptors (Lipinski definition) is 4. The SMILES string of the molecule is O=C1CC(c2nc(-c3cccc(C(F)(F)F)c3)no2)CN1c1ccccc1Cl. The zero-order chi connectivity index (χ0) is 19.9. The molecule has 0 saturated carbocycles. The van der Waals surface area contributed by atoms with Gasteiger partial charge in [-0.15, -0.1) is 0 Å². The summed E-state index contributed by atoms with van der Waals surface area (Å²) >= 11 is 6.16. The first-order valence-electron chi connectivity index (χ1n) is 8.39. The maximum atomic E-state index is 12.9. The van der Waals surface area contributed by atoms with E-state index in [1.54, 1.807) is 29.2 Å². The number of benzene rings is 2. The Labute approximate surface area is 162 Å². The third-order valence-electron chi connectivity index (χ3n) is 4.51. The number of para-hydroxylation sites is 1. The minimum Gasteiger partial charge on any atom is -0.339 e. The number of nitrogens with zero attached hydrogens (tertiary/aromatic N) is 3. The molecule has 1 fully saturated rings. The van der Waals surface area contributed by atoms with E-state index in [0.717, 1.165) is 12.1 Å². The van der Waals surface area contributed by atoms with Crippen molar-refractivity contribution in [2.45, 2.75) is 18.5 Å². The molecule has 1 aromatic heterocycles. The maximum absolute atomic E-state index is 12.9. The summed E-state index contributed by atoms with van der Waals surface area (Å²) in [5, 5.41) is 4.24. The molecule has 28 heavy (non-hydrogen) atoms. The molecular weight excluding hydrogens is 395 g/mol. The third-order valence-corrected chi connectivity index (χ3v) is 4.83. The van der Waals surface area contributed by atoms with Crippen LogP contribution in [0.25, 0.3) is 11.4 Å². The van der Waals surface area contributed by atoms with Gasteiger partial charge in [-0.1, -0.05) is 41.0 Å². The predicted molar refractivity (Wildman–Crippen MR) is 95.9 cm³/mol. The van der Waals surface area contributed by atoms with Crippen LogP contribution in [0.15, 0.2) is 53.1 Å². The first-order chi connectivity index (χ1) is 13.3. The lowest BCUT2D eigenvalue weighted by Crippen LogP contribution is -2.24. The molecule has 2 aromatic carbocycles. The summed E-state index contributed by atoms with van der Waals surface area (Å²) in [6.07, 6.45) is -4.31. The minimum atomic E-state index is -4.46. The zero-order valence-electron chi connectivity index (χ0n) is 14.3. The van der Waals surface area contributed by atoms with Gasteiger partial charge in [0.1, 0.15) is 0 Å². The molecule has 1 aliphatic heterocycles. The van der Waals surface area contributed by atoms with Crippen molar-refractivity contribution in [2.24, 2.45) is 0 Å². The molecule has 3 aromatic rings. The lowest BCUT2D eigenvalue weighted by Gasteiger charge is -2.17. The lowest BCUT2D eigenvalue weighted by atomic mass is 10.1. The molecule has 1 unspecified atom stereocenters. The van der Waals surface area contributed by atoms with E-state index < -0.39 is 11.7 Å². The van der Waals surface area contributed by atoms with E-state index in [2.05, 4.69) is 10.1 Å². The summed E-state index contributed by atoms with van der Waals surface area (Å²) in [6, 6.07) is 11.7. The van der Waals surface area contributed by atoms with E-state index in [9.17, 15) is 18.0 Å². The molecule has 9 heteroatoms. The van der Waals surface area contributed by atoms with Gasteiger partial charge in [-0.3, -0.25) is 4.79 Å². The molecule has 1 aliphatic rings. The molecule has 5 nitrogen and oxygen atoms in total. The van der Waals surface area contributed by atoms with Gasteiger partial charge in [0.2, 0.25) is 17.6 Å². The normalized spacial score (nSPS) is 17.4. The third kappa shape index (κ3) is 3.47. The fourth-order valence-electron chi connectivity index (χ4n) is 3.13. The Kier molecular flexibility index (Phi) is 4.58. The number of hydrogen-bond donors (Lipinski definition) is 0. The van der Waals surface area contributed by atoms with E-state index in [4.69, 9.17) is 16.1 Å². The van der Waals surface area contributed by atoms with Crippen LogP contribution in [0.5, 0.6) is 0 Å². The number of aromatic nitrogens is 2. The molecule has 0 aliphatic carbocycles. The molecule has 0 spiro atoms. The molecule has 0 bridgehead atoms. The van der Waals surface area contributed by atoms with Crippen LogP contribution in [0.2, 0.25) is 5.02 Å². The Hall–Kier alpha value is -2.87. The topological polar surface area (TPSA) is 59.2 Å². The van der Waals surface area contributed by atoms with Gasteiger partial charge in [0.05, 0.1) is 22.2 Å². The van der Waals surface area contributed by atoms with Crippen molar-refractivity contribution >= 4 is 23.2 Å². The van der Waals surface area contributed by atoms with Crippen molar-refractivity contribution in [3.63, 3.8) is 0 Å². The van der Waals surface area contributed by atoms with Crippen molar-refractivity contribution in [3.05, 3.63) is 65.0 Å². The Morgan fingerprint density at radius 3 is 2.68 bits per heavy atom. The average molecular weight is 408 g/mol. The first-order valence-corrected chi connectivity index (χ1v) is 8.77. The van der Waals surface area contributed by atoms with E-state index in [-0.39, 0.29) is 35.5 Å². The maximum Gasteiger partial charge on any atom is 0.416 e. The molecular formula is C19H13ClF3N3O2. The lowest BCUT2D eigenvalue weighted by molar-refractivity contribution is -0.137. The smallest absolute Gasteiger partial charge is 0.339 e. The zero-order valence-corrected chi connectivity index (χ0v) is 15.0. The minimum absolute atomic E-state index is 0.0461. The standard InChI is InChI=1S/C19H13ClF3N3O2/c20-14-6-1-2-7-15(14)26-10-12(9-16(26)27)18-24-17(25-28-18)11-4-3-5-13(8-11)19(21,22)23/h1-8,12H,9-10H2. The Balaban J connectivity index is 1.57. The van der Waals surface area contributed by atoms with E-state index >= 15 is 0 Å². The van der Waals surface area contributed by atoms with Gasteiger partial charge in [-0.2, -0.15) is 18.2 Å². The van der Waals surface area contributed by atoms with Gasteiger partial charge >= 0.3 is 6.18 Å². The van der Waals surface area contributed by atoms with Crippen LogP contribution in [-0.4, -0.2) is 22.6 Å². The van der Waals surface area contributed by atoms with Crippen molar-refractivity contribution in [1.29, 1.82) is 0 Å². The van der Waals surface area contributed by atoms with Crippen LogP contribution >= 0.6 is 11.6 Å². The van der Waals surface area contributed by atoms with Gasteiger partial charge in [-0.25, -0.2) is 0 Å². The van der Waals surface area contributed by atoms with Crippen LogP contribution in [0, 0.1) is 0 Å². The van der Waals surface area contributed by atoms with Crippen LogP contribution in [0.1, 0.15) is 23.8 Å². The Bertz CT molecular complexity index is 1040. The molecule has 2 heterocycles. The van der Waals surface area contributed by atoms with Gasteiger partial charge in [0.15, 0.2) is 0 Å². The largest absolute Gasteiger partial charge is 0.416 e. The molecule has 1 atom stereocenters. The van der Waals surface area contributed by atoms with Crippen LogP contribution in [-0.2, 0) is 11.0 Å². The van der Waals surface area contributed by atoms with Gasteiger partial charge < -0.3 is 9.42 Å². The summed E-state index contributed by atoms with van der Waals surface area (Å²) in [5.74, 6) is -0.257. The summed E-state index contributed by atoms with van der Waals surface area (Å²) in [5.41, 5.74) is -0.0105. The monoisotopic (exact) mass is 407 g/mol. The van der Waals surface area contributed by atoms with E-state index in [0.29, 0.717) is 17.3 Å². The fraction of sp³-hybridized carbons (Fsp3) is 0.211. The molecule has 1 saturated heterocycles. The number of amides is 1. The average Bonchev–Trinajstić information content (AvgIpc) is 3.29. The van der Waals surface area contributed by atoms with Gasteiger partial charge in [0, 0.05) is 18.5 Å². The molecule has 144 valence electrons. The summed E-state index contributed by atoms with van der Waals surface area (Å²) < 4.78 is 43.9. The second kappa shape index (κ2) is 6.94. The second-order valence-corrected chi connectivity index (χ2v) is 6.80. The van der Waals surface area contributed by atoms with Gasteiger partial charge in [-0.05, 0) is 24.3 Å². The summed E-state index contributed by atoms with van der Waals surface area (Å²) in [6.45, 7) is 0.298. The number of carbonyl (C=O) groups is 1. The molecule has 1 amide bonds. The Morgan fingerprint density at radius 2 is 1.93 bits per heavy atom. The molecule has 0 radical (unpaired) electrons. The first kappa shape index (κ1) is 18.5. The van der Waals surface area contributed by atoms with Gasteiger partial charge in [0.25, 0.3) is 0 Å². The number of anilines is 1. The van der Waals surface area contributed by atoms with Crippen LogP contribution in [0.3, 0.4) is 0 Å². The number of carbonyl (C=O) groups excluding carboxylic acids is 1. The van der Waals surface area contributed by atoms with E-state index in [1.165, 1.54) is 12.1 Å². The highest BCUT2D eigenvalue weighted by Gasteiger charge is 2.36. The highest BCUT2D eigenvalue weighted by molar-refractivity contribution is 6.33. The predicted octanol–water partition coefficient (Wildman–Crippen LogP) is 4.93. The van der Waals surface area contributed by atoms with Crippen molar-refractivity contribution in [2.75, 3.05) is 11.4 Å². The van der Waals surface area contributed by atoms with Crippen molar-refractivity contribution in [3.8, 4) is 11.4 Å². The second-order valence-electron chi connectivity index (χ2n) is 6.39. The number of halogens is 4. The highest BCUT2D eigenvalue weighted by atomic mass is 35.5. The number of alkyl halides is 3. The fourth-order valence-corrected chi connectivity index (χ4v) is 3.37. The van der Waals surface area contributed by atoms with Crippen molar-refractivity contribution < 1.29 is 22.5 Å². The van der Waals surface area contributed by atoms with Crippen LogP contribution < -0.4 is 4.90 Å². The van der Waals surface area contributed by atoms with Crippen LogP contribution in [0.4, 0.5) is 18.9 Å². The Morgan fingerprint density at radius 1 is 1.14 bits per heavy atom. The van der Waals surface area contributed by atoms with E-state index in [1.807, 2.05) is 0 Å². The number of rotatable bonds is 3. The van der Waals surface area contributed by atoms with Crippen molar-refractivity contribution in [1.82, 2.24) is 10.1 Å². The summed E-state index contributed by atoms with van der Waals surface area (Å²) in [4.78, 5) is 18.2. The quantitative estimate of drug-likeness (QED) is 0.617. The molecule has 0 N–H and O–H groups in total. The molecule has 4 rings (SSSR count).